The quantitative estimate of drug-likeness (QED) is 0.872. The average Bonchev–Trinajstić information content (AvgIpc) is 2.29. The third kappa shape index (κ3) is 3.51. The molecule has 0 aliphatic carbocycles. The highest BCUT2D eigenvalue weighted by molar-refractivity contribution is 5.31. The topological polar surface area (TPSA) is 21.3 Å². The zero-order chi connectivity index (χ0) is 12.3. The minimum atomic E-state index is -1.18. The molecule has 1 heterocycles. The SMILES string of the molecule is CC(C)(F)Cc1ccccc1C1CNCCO1. The summed E-state index contributed by atoms with van der Waals surface area (Å²) >= 11 is 0. The first-order valence-electron chi connectivity index (χ1n) is 6.15. The molecule has 3 heteroatoms. The van der Waals surface area contributed by atoms with Crippen molar-refractivity contribution in [2.45, 2.75) is 32.0 Å². The van der Waals surface area contributed by atoms with E-state index in [0.29, 0.717) is 6.42 Å². The number of ether oxygens (including phenoxy) is 1. The van der Waals surface area contributed by atoms with Gasteiger partial charge in [0.1, 0.15) is 5.67 Å². The Bertz CT molecular complexity index is 367. The minimum Gasteiger partial charge on any atom is -0.371 e. The molecule has 1 N–H and O–H groups in total. The van der Waals surface area contributed by atoms with Crippen molar-refractivity contribution in [1.82, 2.24) is 5.32 Å². The van der Waals surface area contributed by atoms with Crippen LogP contribution in [0, 0.1) is 0 Å². The van der Waals surface area contributed by atoms with Gasteiger partial charge in [0.25, 0.3) is 0 Å². The van der Waals surface area contributed by atoms with E-state index in [4.69, 9.17) is 4.74 Å². The average molecular weight is 237 g/mol. The van der Waals surface area contributed by atoms with Gasteiger partial charge in [0, 0.05) is 19.5 Å². The number of hydrogen-bond donors (Lipinski definition) is 1. The molecular weight excluding hydrogens is 217 g/mol. The number of alkyl halides is 1. The Morgan fingerprint density at radius 2 is 2.18 bits per heavy atom. The maximum absolute atomic E-state index is 13.8. The van der Waals surface area contributed by atoms with Crippen LogP contribution in [0.2, 0.25) is 0 Å². The highest BCUT2D eigenvalue weighted by Gasteiger charge is 2.23. The Morgan fingerprint density at radius 1 is 1.41 bits per heavy atom. The molecule has 1 atom stereocenters. The van der Waals surface area contributed by atoms with Crippen LogP contribution in [0.5, 0.6) is 0 Å². The second-order valence-electron chi connectivity index (χ2n) is 5.16. The molecule has 94 valence electrons. The third-order valence-corrected chi connectivity index (χ3v) is 2.94. The van der Waals surface area contributed by atoms with Crippen LogP contribution in [0.25, 0.3) is 0 Å². The Labute approximate surface area is 102 Å². The van der Waals surface area contributed by atoms with Gasteiger partial charge >= 0.3 is 0 Å². The summed E-state index contributed by atoms with van der Waals surface area (Å²) in [5.74, 6) is 0. The Hall–Kier alpha value is -0.930. The van der Waals surface area contributed by atoms with E-state index in [9.17, 15) is 4.39 Å². The number of hydrogen-bond acceptors (Lipinski definition) is 2. The molecule has 1 saturated heterocycles. The summed E-state index contributed by atoms with van der Waals surface area (Å²) in [5.41, 5.74) is 0.984. The number of halogens is 1. The molecule has 0 amide bonds. The maximum Gasteiger partial charge on any atom is 0.109 e. The predicted octanol–water partition coefficient (Wildman–Crippen LogP) is 2.64. The van der Waals surface area contributed by atoms with E-state index >= 15 is 0 Å². The summed E-state index contributed by atoms with van der Waals surface area (Å²) < 4.78 is 19.5. The second-order valence-corrected chi connectivity index (χ2v) is 5.16. The van der Waals surface area contributed by atoms with Gasteiger partial charge in [-0.15, -0.1) is 0 Å². The van der Waals surface area contributed by atoms with Crippen molar-refractivity contribution in [2.24, 2.45) is 0 Å². The lowest BCUT2D eigenvalue weighted by molar-refractivity contribution is 0.0268. The third-order valence-electron chi connectivity index (χ3n) is 2.94. The number of morpholine rings is 1. The molecule has 1 aromatic rings. The van der Waals surface area contributed by atoms with Crippen molar-refractivity contribution in [2.75, 3.05) is 19.7 Å². The molecular formula is C14H20FNO. The maximum atomic E-state index is 13.8. The van der Waals surface area contributed by atoms with Crippen molar-refractivity contribution in [1.29, 1.82) is 0 Å². The lowest BCUT2D eigenvalue weighted by Gasteiger charge is -2.27. The van der Waals surface area contributed by atoms with Gasteiger partial charge < -0.3 is 10.1 Å². The van der Waals surface area contributed by atoms with Crippen LogP contribution in [-0.4, -0.2) is 25.4 Å². The van der Waals surface area contributed by atoms with E-state index in [2.05, 4.69) is 5.32 Å². The van der Waals surface area contributed by atoms with E-state index in [0.717, 1.165) is 30.8 Å². The highest BCUT2D eigenvalue weighted by atomic mass is 19.1. The van der Waals surface area contributed by atoms with Crippen molar-refractivity contribution < 1.29 is 9.13 Å². The molecule has 1 unspecified atom stereocenters. The van der Waals surface area contributed by atoms with Crippen LogP contribution < -0.4 is 5.32 Å². The molecule has 1 aliphatic rings. The molecule has 0 aromatic heterocycles. The van der Waals surface area contributed by atoms with Crippen LogP contribution >= 0.6 is 0 Å². The van der Waals surface area contributed by atoms with Crippen LogP contribution in [0.15, 0.2) is 24.3 Å². The molecule has 2 nitrogen and oxygen atoms in total. The lowest BCUT2D eigenvalue weighted by atomic mass is 9.93. The van der Waals surface area contributed by atoms with E-state index in [1.54, 1.807) is 13.8 Å². The molecule has 2 rings (SSSR count). The van der Waals surface area contributed by atoms with Gasteiger partial charge in [0.05, 0.1) is 12.7 Å². The predicted molar refractivity (Wildman–Crippen MR) is 66.9 cm³/mol. The van der Waals surface area contributed by atoms with Crippen molar-refractivity contribution in [3.8, 4) is 0 Å². The summed E-state index contributed by atoms with van der Waals surface area (Å²) in [4.78, 5) is 0. The number of nitrogens with one attached hydrogen (secondary N) is 1. The van der Waals surface area contributed by atoms with Crippen LogP contribution in [0.1, 0.15) is 31.1 Å². The van der Waals surface area contributed by atoms with Gasteiger partial charge in [-0.25, -0.2) is 4.39 Å². The first-order chi connectivity index (χ1) is 8.06. The molecule has 0 spiro atoms. The Balaban J connectivity index is 2.20. The molecule has 17 heavy (non-hydrogen) atoms. The fraction of sp³-hybridized carbons (Fsp3) is 0.571. The highest BCUT2D eigenvalue weighted by Crippen LogP contribution is 2.26. The Kier molecular flexibility index (Phi) is 3.79. The van der Waals surface area contributed by atoms with Gasteiger partial charge in [0.2, 0.25) is 0 Å². The zero-order valence-electron chi connectivity index (χ0n) is 10.5. The monoisotopic (exact) mass is 237 g/mol. The largest absolute Gasteiger partial charge is 0.371 e. The summed E-state index contributed by atoms with van der Waals surface area (Å²) in [6, 6.07) is 7.98. The van der Waals surface area contributed by atoms with E-state index < -0.39 is 5.67 Å². The lowest BCUT2D eigenvalue weighted by Crippen LogP contribution is -2.34. The van der Waals surface area contributed by atoms with E-state index in [1.807, 2.05) is 24.3 Å². The van der Waals surface area contributed by atoms with Crippen molar-refractivity contribution in [3.63, 3.8) is 0 Å². The fourth-order valence-corrected chi connectivity index (χ4v) is 2.23. The van der Waals surface area contributed by atoms with Gasteiger partial charge in [-0.05, 0) is 25.0 Å². The van der Waals surface area contributed by atoms with Crippen LogP contribution in [0.4, 0.5) is 4.39 Å². The normalized spacial score (nSPS) is 21.5. The van der Waals surface area contributed by atoms with Crippen molar-refractivity contribution >= 4 is 0 Å². The standard InChI is InChI=1S/C14H20FNO/c1-14(2,15)9-11-5-3-4-6-12(11)13-10-16-7-8-17-13/h3-6,13,16H,7-10H2,1-2H3. The van der Waals surface area contributed by atoms with Gasteiger partial charge in [-0.2, -0.15) is 0 Å². The summed E-state index contributed by atoms with van der Waals surface area (Å²) in [5, 5.41) is 3.30. The van der Waals surface area contributed by atoms with E-state index in [1.165, 1.54) is 0 Å². The smallest absolute Gasteiger partial charge is 0.109 e. The summed E-state index contributed by atoms with van der Waals surface area (Å²) in [6.07, 6.45) is 0.491. The van der Waals surface area contributed by atoms with Gasteiger partial charge in [-0.1, -0.05) is 24.3 Å². The van der Waals surface area contributed by atoms with Crippen LogP contribution in [-0.2, 0) is 11.2 Å². The molecule has 1 aliphatic heterocycles. The van der Waals surface area contributed by atoms with Gasteiger partial charge in [0.15, 0.2) is 0 Å². The number of rotatable bonds is 3. The second kappa shape index (κ2) is 5.15. The molecule has 1 aromatic carbocycles. The molecule has 0 radical (unpaired) electrons. The first-order valence-corrected chi connectivity index (χ1v) is 6.15. The zero-order valence-corrected chi connectivity index (χ0v) is 10.5. The first kappa shape index (κ1) is 12.5. The fourth-order valence-electron chi connectivity index (χ4n) is 2.23. The summed E-state index contributed by atoms with van der Waals surface area (Å²) in [6.45, 7) is 5.66. The van der Waals surface area contributed by atoms with Crippen LogP contribution in [0.3, 0.4) is 0 Å². The molecule has 1 fully saturated rings. The summed E-state index contributed by atoms with van der Waals surface area (Å²) in [7, 11) is 0. The van der Waals surface area contributed by atoms with Crippen molar-refractivity contribution in [3.05, 3.63) is 35.4 Å². The Morgan fingerprint density at radius 3 is 2.82 bits per heavy atom. The van der Waals surface area contributed by atoms with Gasteiger partial charge in [-0.3, -0.25) is 0 Å². The van der Waals surface area contributed by atoms with E-state index in [-0.39, 0.29) is 6.10 Å². The number of benzene rings is 1. The minimum absolute atomic E-state index is 0.0577. The molecule has 0 saturated carbocycles. The molecule has 0 bridgehead atoms.